The van der Waals surface area contributed by atoms with Crippen molar-refractivity contribution >= 4 is 16.7 Å². The number of halogens is 1. The zero-order chi connectivity index (χ0) is 25.1. The molecule has 2 unspecified atom stereocenters. The standard InChI is InChI=1S/C27H36FN5O2/c1-18-12-19(2)15-31(14-18)11-7-10-29-25(34)17-33-27(35)26-21(4)32(20(3)23(26)13-30-33)16-22-8-5-6-9-24(22)28/h5-6,8-9,13,18-19H,7,10-12,14-17H2,1-4H3,(H,29,34). The van der Waals surface area contributed by atoms with Crippen molar-refractivity contribution in [2.45, 2.75) is 53.6 Å². The van der Waals surface area contributed by atoms with E-state index in [1.165, 1.54) is 17.2 Å². The zero-order valence-electron chi connectivity index (χ0n) is 21.2. The molecule has 1 aliphatic rings. The molecule has 1 N–H and O–H groups in total. The minimum absolute atomic E-state index is 0.121. The fourth-order valence-corrected chi connectivity index (χ4v) is 5.49. The molecule has 2 atom stereocenters. The highest BCUT2D eigenvalue weighted by molar-refractivity contribution is 5.87. The first-order chi connectivity index (χ1) is 16.7. The van der Waals surface area contributed by atoms with Crippen molar-refractivity contribution in [3.05, 3.63) is 63.6 Å². The van der Waals surface area contributed by atoms with Crippen LogP contribution >= 0.6 is 0 Å². The first-order valence-electron chi connectivity index (χ1n) is 12.5. The van der Waals surface area contributed by atoms with E-state index in [9.17, 15) is 14.0 Å². The minimum atomic E-state index is -0.304. The lowest BCUT2D eigenvalue weighted by molar-refractivity contribution is -0.121. The molecule has 0 bridgehead atoms. The van der Waals surface area contributed by atoms with Crippen LogP contribution in [-0.2, 0) is 17.9 Å². The summed E-state index contributed by atoms with van der Waals surface area (Å²) in [6, 6.07) is 6.64. The van der Waals surface area contributed by atoms with Crippen LogP contribution in [0.1, 0.15) is 43.6 Å². The number of hydrogen-bond acceptors (Lipinski definition) is 4. The number of carbonyl (C=O) groups is 1. The normalized spacial score (nSPS) is 18.8. The Bertz CT molecular complexity index is 1250. The maximum absolute atomic E-state index is 14.2. The highest BCUT2D eigenvalue weighted by Crippen LogP contribution is 2.24. The number of aryl methyl sites for hydroxylation is 2. The summed E-state index contributed by atoms with van der Waals surface area (Å²) in [6.45, 7) is 12.3. The third-order valence-corrected chi connectivity index (χ3v) is 7.10. The van der Waals surface area contributed by atoms with Crippen molar-refractivity contribution in [2.24, 2.45) is 11.8 Å². The van der Waals surface area contributed by atoms with Crippen LogP contribution in [0.15, 0.2) is 35.3 Å². The van der Waals surface area contributed by atoms with E-state index < -0.39 is 0 Å². The second-order valence-electron chi connectivity index (χ2n) is 10.2. The van der Waals surface area contributed by atoms with E-state index in [0.29, 0.717) is 24.0 Å². The van der Waals surface area contributed by atoms with E-state index >= 15 is 0 Å². The number of rotatable bonds is 8. The number of piperidine rings is 1. The van der Waals surface area contributed by atoms with Crippen LogP contribution in [0.5, 0.6) is 0 Å². The number of benzene rings is 1. The first-order valence-corrected chi connectivity index (χ1v) is 12.5. The molecule has 4 rings (SSSR count). The van der Waals surface area contributed by atoms with Crippen LogP contribution in [0, 0.1) is 31.5 Å². The highest BCUT2D eigenvalue weighted by atomic mass is 19.1. The monoisotopic (exact) mass is 481 g/mol. The van der Waals surface area contributed by atoms with Crippen molar-refractivity contribution in [3.8, 4) is 0 Å². The zero-order valence-corrected chi connectivity index (χ0v) is 21.2. The number of amides is 1. The Labute approximate surface area is 205 Å². The van der Waals surface area contributed by atoms with Crippen molar-refractivity contribution < 1.29 is 9.18 Å². The van der Waals surface area contributed by atoms with Gasteiger partial charge in [0.1, 0.15) is 12.4 Å². The first kappa shape index (κ1) is 25.1. The van der Waals surface area contributed by atoms with Crippen LogP contribution in [0.3, 0.4) is 0 Å². The second kappa shape index (κ2) is 10.7. The van der Waals surface area contributed by atoms with Crippen molar-refractivity contribution in [2.75, 3.05) is 26.2 Å². The third kappa shape index (κ3) is 5.64. The van der Waals surface area contributed by atoms with Crippen LogP contribution in [0.2, 0.25) is 0 Å². The van der Waals surface area contributed by atoms with Crippen LogP contribution in [0.25, 0.3) is 10.8 Å². The summed E-state index contributed by atoms with van der Waals surface area (Å²) in [4.78, 5) is 28.2. The average Bonchev–Trinajstić information content (AvgIpc) is 3.04. The Kier molecular flexibility index (Phi) is 7.69. The maximum Gasteiger partial charge on any atom is 0.276 e. The number of nitrogens with one attached hydrogen (secondary N) is 1. The van der Waals surface area contributed by atoms with Gasteiger partial charge in [0, 0.05) is 42.0 Å². The maximum atomic E-state index is 14.2. The average molecular weight is 482 g/mol. The summed E-state index contributed by atoms with van der Waals surface area (Å²) < 4.78 is 17.4. The van der Waals surface area contributed by atoms with Gasteiger partial charge in [0.15, 0.2) is 0 Å². The quantitative estimate of drug-likeness (QED) is 0.500. The second-order valence-corrected chi connectivity index (χ2v) is 10.2. The summed E-state index contributed by atoms with van der Waals surface area (Å²) in [5.41, 5.74) is 1.84. The molecule has 35 heavy (non-hydrogen) atoms. The van der Waals surface area contributed by atoms with E-state index in [1.807, 2.05) is 18.4 Å². The van der Waals surface area contributed by atoms with Gasteiger partial charge in [-0.1, -0.05) is 32.0 Å². The highest BCUT2D eigenvalue weighted by Gasteiger charge is 2.21. The molecule has 1 aromatic carbocycles. The Hall–Kier alpha value is -3.00. The number of nitrogens with zero attached hydrogens (tertiary/aromatic N) is 4. The molecule has 8 heteroatoms. The summed E-state index contributed by atoms with van der Waals surface area (Å²) in [5, 5.41) is 8.43. The van der Waals surface area contributed by atoms with Gasteiger partial charge < -0.3 is 14.8 Å². The van der Waals surface area contributed by atoms with Gasteiger partial charge in [-0.15, -0.1) is 0 Å². The van der Waals surface area contributed by atoms with Gasteiger partial charge in [-0.25, -0.2) is 9.07 Å². The molecule has 2 aromatic heterocycles. The van der Waals surface area contributed by atoms with Gasteiger partial charge in [0.25, 0.3) is 5.56 Å². The number of aromatic nitrogens is 3. The van der Waals surface area contributed by atoms with E-state index in [4.69, 9.17) is 0 Å². The lowest BCUT2D eigenvalue weighted by Gasteiger charge is -2.34. The van der Waals surface area contributed by atoms with Gasteiger partial charge in [0.05, 0.1) is 18.1 Å². The molecule has 1 saturated heterocycles. The van der Waals surface area contributed by atoms with E-state index in [0.717, 1.165) is 54.7 Å². The Morgan fingerprint density at radius 1 is 1.14 bits per heavy atom. The molecule has 3 aromatic rings. The van der Waals surface area contributed by atoms with Gasteiger partial charge in [-0.2, -0.15) is 5.10 Å². The van der Waals surface area contributed by atoms with Gasteiger partial charge in [0.2, 0.25) is 5.91 Å². The minimum Gasteiger partial charge on any atom is -0.354 e. The van der Waals surface area contributed by atoms with Crippen molar-refractivity contribution in [3.63, 3.8) is 0 Å². The summed E-state index contributed by atoms with van der Waals surface area (Å²) in [7, 11) is 0. The number of fused-ring (bicyclic) bond motifs is 1. The van der Waals surface area contributed by atoms with E-state index in [1.54, 1.807) is 24.4 Å². The third-order valence-electron chi connectivity index (χ3n) is 7.10. The Morgan fingerprint density at radius 2 is 1.86 bits per heavy atom. The molecule has 7 nitrogen and oxygen atoms in total. The van der Waals surface area contributed by atoms with Crippen LogP contribution in [0.4, 0.5) is 4.39 Å². The summed E-state index contributed by atoms with van der Waals surface area (Å²) in [6.07, 6.45) is 3.79. The molecule has 0 saturated carbocycles. The van der Waals surface area contributed by atoms with Gasteiger partial charge >= 0.3 is 0 Å². The number of carbonyl (C=O) groups excluding carboxylic acids is 1. The fraction of sp³-hybridized carbons (Fsp3) is 0.519. The largest absolute Gasteiger partial charge is 0.354 e. The molecule has 1 amide bonds. The molecule has 1 fully saturated rings. The van der Waals surface area contributed by atoms with Crippen molar-refractivity contribution in [1.29, 1.82) is 0 Å². The molecule has 1 aliphatic heterocycles. The Morgan fingerprint density at radius 3 is 2.57 bits per heavy atom. The van der Waals surface area contributed by atoms with Crippen molar-refractivity contribution in [1.82, 2.24) is 24.6 Å². The molecule has 0 aliphatic carbocycles. The van der Waals surface area contributed by atoms with Crippen LogP contribution < -0.4 is 10.9 Å². The molecule has 0 radical (unpaired) electrons. The predicted octanol–water partition coefficient (Wildman–Crippen LogP) is 3.49. The smallest absolute Gasteiger partial charge is 0.276 e. The summed E-state index contributed by atoms with van der Waals surface area (Å²) in [5.74, 6) is 0.935. The number of likely N-dealkylation sites (tertiary alicyclic amines) is 1. The number of hydrogen-bond donors (Lipinski definition) is 1. The molecule has 188 valence electrons. The van der Waals surface area contributed by atoms with Gasteiger partial charge in [-0.05, 0) is 51.1 Å². The molecular formula is C27H36FN5O2. The van der Waals surface area contributed by atoms with E-state index in [-0.39, 0.29) is 23.8 Å². The summed E-state index contributed by atoms with van der Waals surface area (Å²) >= 11 is 0. The predicted molar refractivity (Wildman–Crippen MR) is 136 cm³/mol. The fourth-order valence-electron chi connectivity index (χ4n) is 5.49. The Balaban J connectivity index is 1.40. The van der Waals surface area contributed by atoms with E-state index in [2.05, 4.69) is 29.2 Å². The lowest BCUT2D eigenvalue weighted by Crippen LogP contribution is -2.40. The van der Waals surface area contributed by atoms with Crippen LogP contribution in [-0.4, -0.2) is 51.3 Å². The molecule has 3 heterocycles. The molecular weight excluding hydrogens is 445 g/mol. The lowest BCUT2D eigenvalue weighted by atomic mass is 9.92. The molecule has 0 spiro atoms. The topological polar surface area (TPSA) is 72.2 Å². The SMILES string of the molecule is Cc1c2cnn(CC(=O)NCCCN3CC(C)CC(C)C3)c(=O)c2c(C)n1Cc1ccccc1F. The van der Waals surface area contributed by atoms with Gasteiger partial charge in [-0.3, -0.25) is 9.59 Å².